The van der Waals surface area contributed by atoms with Crippen LogP contribution in [0.15, 0.2) is 22.8 Å². The van der Waals surface area contributed by atoms with Crippen LogP contribution >= 0.6 is 0 Å². The van der Waals surface area contributed by atoms with E-state index in [2.05, 4.69) is 0 Å². The molecule has 1 atom stereocenters. The number of carbonyl (C=O) groups is 2. The second-order valence-corrected chi connectivity index (χ2v) is 6.06. The second kappa shape index (κ2) is 5.09. The highest BCUT2D eigenvalue weighted by atomic mass is 16.4. The van der Waals surface area contributed by atoms with Gasteiger partial charge in [0.1, 0.15) is 11.3 Å². The molecule has 0 bridgehead atoms. The standard InChI is InChI=1S/C15H20N2O4/c1-15(13(18)19)7-3-8-17(15)14(20)16(11-5-6-11)10-12-4-2-9-21-12/h2,4,9,11H,3,5-8,10H2,1H3,(H,18,19). The van der Waals surface area contributed by atoms with Crippen LogP contribution < -0.4 is 0 Å². The number of carboxylic acids is 1. The van der Waals surface area contributed by atoms with Gasteiger partial charge in [0.05, 0.1) is 12.8 Å². The minimum absolute atomic E-state index is 0.184. The number of hydrogen-bond acceptors (Lipinski definition) is 3. The summed E-state index contributed by atoms with van der Waals surface area (Å²) in [5.41, 5.74) is -1.09. The number of carbonyl (C=O) groups excluding carboxylic acids is 1. The molecule has 2 amide bonds. The maximum absolute atomic E-state index is 12.8. The van der Waals surface area contributed by atoms with Gasteiger partial charge in [0.2, 0.25) is 0 Å². The maximum atomic E-state index is 12.8. The maximum Gasteiger partial charge on any atom is 0.329 e. The largest absolute Gasteiger partial charge is 0.480 e. The molecule has 114 valence electrons. The molecule has 0 spiro atoms. The third kappa shape index (κ3) is 2.50. The van der Waals surface area contributed by atoms with Gasteiger partial charge in [0.25, 0.3) is 0 Å². The number of likely N-dealkylation sites (tertiary alicyclic amines) is 1. The third-order valence-corrected chi connectivity index (χ3v) is 4.47. The summed E-state index contributed by atoms with van der Waals surface area (Å²) in [6.45, 7) is 2.55. The summed E-state index contributed by atoms with van der Waals surface area (Å²) in [7, 11) is 0. The number of furan rings is 1. The summed E-state index contributed by atoms with van der Waals surface area (Å²) >= 11 is 0. The van der Waals surface area contributed by atoms with E-state index in [-0.39, 0.29) is 12.1 Å². The monoisotopic (exact) mass is 292 g/mol. The molecule has 1 saturated heterocycles. The van der Waals surface area contributed by atoms with Crippen molar-refractivity contribution in [2.24, 2.45) is 0 Å². The molecular formula is C15H20N2O4. The highest BCUT2D eigenvalue weighted by Crippen LogP contribution is 2.35. The summed E-state index contributed by atoms with van der Waals surface area (Å²) in [6, 6.07) is 3.66. The van der Waals surface area contributed by atoms with E-state index in [4.69, 9.17) is 4.42 Å². The predicted molar refractivity (Wildman–Crippen MR) is 74.6 cm³/mol. The van der Waals surface area contributed by atoms with Gasteiger partial charge in [0.15, 0.2) is 0 Å². The molecule has 2 heterocycles. The lowest BCUT2D eigenvalue weighted by Gasteiger charge is -2.35. The van der Waals surface area contributed by atoms with Crippen LogP contribution in [0.4, 0.5) is 4.79 Å². The molecule has 2 fully saturated rings. The Bertz CT molecular complexity index is 538. The van der Waals surface area contributed by atoms with Crippen LogP contribution in [0.3, 0.4) is 0 Å². The molecule has 1 aromatic rings. The molecule has 3 rings (SSSR count). The lowest BCUT2D eigenvalue weighted by atomic mass is 10.00. The Balaban J connectivity index is 1.79. The van der Waals surface area contributed by atoms with Crippen molar-refractivity contribution in [3.05, 3.63) is 24.2 Å². The van der Waals surface area contributed by atoms with Crippen molar-refractivity contribution >= 4 is 12.0 Å². The van der Waals surface area contributed by atoms with Crippen LogP contribution in [0.2, 0.25) is 0 Å². The van der Waals surface area contributed by atoms with Crippen LogP contribution in [-0.4, -0.2) is 45.0 Å². The van der Waals surface area contributed by atoms with E-state index in [9.17, 15) is 14.7 Å². The molecule has 0 aromatic carbocycles. The van der Waals surface area contributed by atoms with Crippen molar-refractivity contribution in [1.29, 1.82) is 0 Å². The summed E-state index contributed by atoms with van der Waals surface area (Å²) in [4.78, 5) is 27.6. The summed E-state index contributed by atoms with van der Waals surface area (Å²) in [5, 5.41) is 9.45. The molecular weight excluding hydrogens is 272 g/mol. The highest BCUT2D eigenvalue weighted by molar-refractivity contribution is 5.87. The van der Waals surface area contributed by atoms with E-state index >= 15 is 0 Å². The number of rotatable bonds is 4. The van der Waals surface area contributed by atoms with Crippen LogP contribution in [0.5, 0.6) is 0 Å². The minimum Gasteiger partial charge on any atom is -0.480 e. The molecule has 6 nitrogen and oxygen atoms in total. The van der Waals surface area contributed by atoms with Gasteiger partial charge in [-0.15, -0.1) is 0 Å². The van der Waals surface area contributed by atoms with Gasteiger partial charge in [-0.05, 0) is 44.7 Å². The first-order valence-corrected chi connectivity index (χ1v) is 7.36. The first kappa shape index (κ1) is 14.0. The second-order valence-electron chi connectivity index (χ2n) is 6.06. The quantitative estimate of drug-likeness (QED) is 0.924. The normalized spacial score (nSPS) is 25.1. The van der Waals surface area contributed by atoms with Crippen molar-refractivity contribution in [2.45, 2.75) is 50.7 Å². The van der Waals surface area contributed by atoms with E-state index in [0.29, 0.717) is 19.5 Å². The van der Waals surface area contributed by atoms with Gasteiger partial charge in [0, 0.05) is 12.6 Å². The summed E-state index contributed by atoms with van der Waals surface area (Å²) in [5.74, 6) is -0.200. The zero-order valence-electron chi connectivity index (χ0n) is 12.1. The minimum atomic E-state index is -1.09. The topological polar surface area (TPSA) is 74.0 Å². The van der Waals surface area contributed by atoms with Crippen molar-refractivity contribution in [3.8, 4) is 0 Å². The predicted octanol–water partition coefficient (Wildman–Crippen LogP) is 2.30. The Morgan fingerprint density at radius 3 is 2.86 bits per heavy atom. The highest BCUT2D eigenvalue weighted by Gasteiger charge is 2.48. The SMILES string of the molecule is CC1(C(=O)O)CCCN1C(=O)N(Cc1ccco1)C1CC1. The van der Waals surface area contributed by atoms with Crippen molar-refractivity contribution in [3.63, 3.8) is 0 Å². The first-order valence-electron chi connectivity index (χ1n) is 7.36. The van der Waals surface area contributed by atoms with E-state index in [1.807, 2.05) is 6.07 Å². The van der Waals surface area contributed by atoms with Crippen LogP contribution in [0.1, 0.15) is 38.4 Å². The van der Waals surface area contributed by atoms with Crippen LogP contribution in [-0.2, 0) is 11.3 Å². The number of urea groups is 1. The molecule has 1 aliphatic carbocycles. The Morgan fingerprint density at radius 2 is 2.29 bits per heavy atom. The lowest BCUT2D eigenvalue weighted by molar-refractivity contribution is -0.147. The van der Waals surface area contributed by atoms with Crippen LogP contribution in [0.25, 0.3) is 0 Å². The zero-order chi connectivity index (χ0) is 15.0. The first-order chi connectivity index (χ1) is 10.0. The van der Waals surface area contributed by atoms with Crippen LogP contribution in [0, 0.1) is 0 Å². The van der Waals surface area contributed by atoms with Gasteiger partial charge >= 0.3 is 12.0 Å². The van der Waals surface area contributed by atoms with Crippen molar-refractivity contribution < 1.29 is 19.1 Å². The molecule has 6 heteroatoms. The van der Waals surface area contributed by atoms with Gasteiger partial charge in [-0.3, -0.25) is 0 Å². The van der Waals surface area contributed by atoms with E-state index < -0.39 is 11.5 Å². The van der Waals surface area contributed by atoms with Gasteiger partial charge in [-0.2, -0.15) is 0 Å². The molecule has 1 aliphatic heterocycles. The zero-order valence-corrected chi connectivity index (χ0v) is 12.1. The fourth-order valence-corrected chi connectivity index (χ4v) is 2.96. The van der Waals surface area contributed by atoms with Crippen molar-refractivity contribution in [2.75, 3.05) is 6.54 Å². The smallest absolute Gasteiger partial charge is 0.329 e. The number of hydrogen-bond donors (Lipinski definition) is 1. The molecule has 1 aromatic heterocycles. The van der Waals surface area contributed by atoms with E-state index in [1.165, 1.54) is 4.90 Å². The Kier molecular flexibility index (Phi) is 3.39. The average molecular weight is 292 g/mol. The molecule has 1 unspecified atom stereocenters. The number of nitrogens with zero attached hydrogens (tertiary/aromatic N) is 2. The number of aliphatic carboxylic acids is 1. The Morgan fingerprint density at radius 1 is 1.52 bits per heavy atom. The average Bonchev–Trinajstić information content (AvgIpc) is 3.00. The molecule has 2 aliphatic rings. The van der Waals surface area contributed by atoms with Crippen molar-refractivity contribution in [1.82, 2.24) is 9.80 Å². The molecule has 1 N–H and O–H groups in total. The molecule has 21 heavy (non-hydrogen) atoms. The molecule has 0 radical (unpaired) electrons. The fourth-order valence-electron chi connectivity index (χ4n) is 2.96. The third-order valence-electron chi connectivity index (χ3n) is 4.47. The summed E-state index contributed by atoms with van der Waals surface area (Å²) < 4.78 is 5.33. The Hall–Kier alpha value is -1.98. The lowest BCUT2D eigenvalue weighted by Crippen LogP contribution is -2.55. The van der Waals surface area contributed by atoms with Gasteiger partial charge in [-0.1, -0.05) is 0 Å². The van der Waals surface area contributed by atoms with Gasteiger partial charge < -0.3 is 19.3 Å². The van der Waals surface area contributed by atoms with Gasteiger partial charge in [-0.25, -0.2) is 9.59 Å². The van der Waals surface area contributed by atoms with E-state index in [1.54, 1.807) is 24.2 Å². The molecule has 1 saturated carbocycles. The number of amides is 2. The fraction of sp³-hybridized carbons (Fsp3) is 0.600. The Labute approximate surface area is 123 Å². The number of carboxylic acid groups (broad SMARTS) is 1. The van der Waals surface area contributed by atoms with E-state index in [0.717, 1.165) is 25.0 Å². The summed E-state index contributed by atoms with van der Waals surface area (Å²) in [6.07, 6.45) is 4.78.